The van der Waals surface area contributed by atoms with Gasteiger partial charge in [0.25, 0.3) is 0 Å². The van der Waals surface area contributed by atoms with Gasteiger partial charge in [-0.3, -0.25) is 0 Å². The van der Waals surface area contributed by atoms with Crippen molar-refractivity contribution < 1.29 is 50.0 Å². The average molecular weight is 485 g/mol. The molecule has 0 aromatic rings. The summed E-state index contributed by atoms with van der Waals surface area (Å²) in [5.74, 6) is 0.735. The highest BCUT2D eigenvalue weighted by Crippen LogP contribution is 2.33. The summed E-state index contributed by atoms with van der Waals surface area (Å²) in [6.07, 6.45) is -4.45. The second-order valence-corrected chi connectivity index (χ2v) is 9.70. The molecular formula is C21H40O10S. The molecule has 2 rings (SSSR count). The summed E-state index contributed by atoms with van der Waals surface area (Å²) in [6, 6.07) is 0. The molecule has 0 spiro atoms. The molecule has 2 saturated heterocycles. The van der Waals surface area contributed by atoms with Crippen LogP contribution in [-0.4, -0.2) is 115 Å². The Hall–Kier alpha value is -0.0500. The molecule has 10 atom stereocenters. The van der Waals surface area contributed by atoms with Crippen LogP contribution >= 0.6 is 11.8 Å². The summed E-state index contributed by atoms with van der Waals surface area (Å²) in [6.45, 7) is 1.04. The van der Waals surface area contributed by atoms with E-state index in [1.165, 1.54) is 37.4 Å². The molecule has 0 amide bonds. The van der Waals surface area contributed by atoms with Gasteiger partial charge in [0.2, 0.25) is 0 Å². The predicted molar refractivity (Wildman–Crippen MR) is 117 cm³/mol. The Morgan fingerprint density at radius 3 is 1.94 bits per heavy atom. The van der Waals surface area contributed by atoms with Gasteiger partial charge >= 0.3 is 0 Å². The maximum absolute atomic E-state index is 10.6. The van der Waals surface area contributed by atoms with Gasteiger partial charge in [-0.1, -0.05) is 45.4 Å². The lowest BCUT2D eigenvalue weighted by molar-refractivity contribution is -0.338. The van der Waals surface area contributed by atoms with E-state index in [-0.39, 0.29) is 0 Å². The van der Waals surface area contributed by atoms with Gasteiger partial charge in [-0.2, -0.15) is 0 Å². The van der Waals surface area contributed by atoms with E-state index in [1.807, 2.05) is 0 Å². The van der Waals surface area contributed by atoms with Crippen LogP contribution in [0.25, 0.3) is 0 Å². The molecule has 0 unspecified atom stereocenters. The van der Waals surface area contributed by atoms with Crippen LogP contribution in [0.5, 0.6) is 0 Å². The Morgan fingerprint density at radius 1 is 0.688 bits per heavy atom. The lowest BCUT2D eigenvalue weighted by Gasteiger charge is -2.46. The predicted octanol–water partition coefficient (Wildman–Crippen LogP) is -0.906. The molecule has 2 aliphatic rings. The third-order valence-corrected chi connectivity index (χ3v) is 7.23. The molecule has 2 aliphatic heterocycles. The minimum absolute atomic E-state index is 0.514. The minimum atomic E-state index is -1.67. The first-order valence-electron chi connectivity index (χ1n) is 11.6. The molecule has 0 saturated carbocycles. The standard InChI is InChI=1S/C21H40O10S/c1-2-3-4-5-6-7-8-9-32-21-18(28)16(26)19(13(11-23)30-21)31-20-17(27)15(25)14(24)12(10-22)29-20/h12-28H,2-11H2,1H3/t12-,13-,14-,15+,16-,17-,18-,19-,20+,21+/m1/s1. The van der Waals surface area contributed by atoms with E-state index < -0.39 is 73.8 Å². The Bertz CT molecular complexity index is 511. The van der Waals surface area contributed by atoms with Crippen LogP contribution in [0.3, 0.4) is 0 Å². The number of aliphatic hydroxyl groups is 7. The number of thioether (sulfide) groups is 1. The second kappa shape index (κ2) is 14.4. The third kappa shape index (κ3) is 7.47. The first-order chi connectivity index (χ1) is 15.3. The van der Waals surface area contributed by atoms with Crippen LogP contribution in [0.4, 0.5) is 0 Å². The molecule has 11 heteroatoms. The summed E-state index contributed by atoms with van der Waals surface area (Å²) in [5.41, 5.74) is -0.753. The van der Waals surface area contributed by atoms with Crippen molar-refractivity contribution in [3.05, 3.63) is 0 Å². The van der Waals surface area contributed by atoms with Crippen molar-refractivity contribution in [2.45, 2.75) is 112 Å². The van der Waals surface area contributed by atoms with Crippen LogP contribution in [-0.2, 0) is 14.2 Å². The fourth-order valence-electron chi connectivity index (χ4n) is 3.95. The number of rotatable bonds is 13. The molecule has 0 aromatic carbocycles. The maximum Gasteiger partial charge on any atom is 0.187 e. The molecule has 7 N–H and O–H groups in total. The van der Waals surface area contributed by atoms with Crippen LogP contribution < -0.4 is 0 Å². The van der Waals surface area contributed by atoms with E-state index in [0.717, 1.165) is 25.0 Å². The van der Waals surface area contributed by atoms with Crippen LogP contribution in [0.15, 0.2) is 0 Å². The van der Waals surface area contributed by atoms with Gasteiger partial charge in [-0.25, -0.2) is 0 Å². The molecule has 10 nitrogen and oxygen atoms in total. The van der Waals surface area contributed by atoms with Gasteiger partial charge in [0.05, 0.1) is 13.2 Å². The van der Waals surface area contributed by atoms with Crippen molar-refractivity contribution in [1.29, 1.82) is 0 Å². The highest BCUT2D eigenvalue weighted by molar-refractivity contribution is 7.99. The summed E-state index contributed by atoms with van der Waals surface area (Å²) >= 11 is 1.36. The van der Waals surface area contributed by atoms with Crippen LogP contribution in [0.2, 0.25) is 0 Å². The SMILES string of the molecule is CCCCCCCCCS[C@@H]1O[C@H](CO)[C@@H](O[C@@H]2O[C@H](CO)[C@@H](O)[C@H](O)[C@H]2O)[C@H](O)[C@H]1O. The zero-order valence-corrected chi connectivity index (χ0v) is 19.4. The van der Waals surface area contributed by atoms with E-state index >= 15 is 0 Å². The Morgan fingerprint density at radius 2 is 1.31 bits per heavy atom. The number of unbranched alkanes of at least 4 members (excludes halogenated alkanes) is 6. The summed E-state index contributed by atoms with van der Waals surface area (Å²) in [7, 11) is 0. The van der Waals surface area contributed by atoms with Crippen LogP contribution in [0, 0.1) is 0 Å². The average Bonchev–Trinajstić information content (AvgIpc) is 2.79. The lowest BCUT2D eigenvalue weighted by Crippen LogP contribution is -2.64. The maximum atomic E-state index is 10.6. The first kappa shape index (κ1) is 28.2. The zero-order chi connectivity index (χ0) is 23.7. The highest BCUT2D eigenvalue weighted by atomic mass is 32.2. The molecular weight excluding hydrogens is 444 g/mol. The van der Waals surface area contributed by atoms with Gasteiger partial charge in [-0.05, 0) is 12.2 Å². The molecule has 190 valence electrons. The van der Waals surface area contributed by atoms with Gasteiger partial charge in [0, 0.05) is 0 Å². The summed E-state index contributed by atoms with van der Waals surface area (Å²) in [4.78, 5) is 0. The number of ether oxygens (including phenoxy) is 3. The quantitative estimate of drug-likeness (QED) is 0.162. The van der Waals surface area contributed by atoms with Crippen molar-refractivity contribution in [2.75, 3.05) is 19.0 Å². The molecule has 0 radical (unpaired) electrons. The van der Waals surface area contributed by atoms with Gasteiger partial charge in [-0.15, -0.1) is 11.8 Å². The molecule has 0 bridgehead atoms. The highest BCUT2D eigenvalue weighted by Gasteiger charge is 2.50. The van der Waals surface area contributed by atoms with E-state index in [9.17, 15) is 35.7 Å². The largest absolute Gasteiger partial charge is 0.394 e. The summed E-state index contributed by atoms with van der Waals surface area (Å²) < 4.78 is 16.6. The van der Waals surface area contributed by atoms with E-state index in [0.29, 0.717) is 0 Å². The van der Waals surface area contributed by atoms with Crippen molar-refractivity contribution in [2.24, 2.45) is 0 Å². The fraction of sp³-hybridized carbons (Fsp3) is 1.00. The Labute approximate surface area is 193 Å². The molecule has 32 heavy (non-hydrogen) atoms. The first-order valence-corrected chi connectivity index (χ1v) is 12.6. The van der Waals surface area contributed by atoms with Crippen molar-refractivity contribution in [1.82, 2.24) is 0 Å². The van der Waals surface area contributed by atoms with Crippen molar-refractivity contribution in [3.8, 4) is 0 Å². The minimum Gasteiger partial charge on any atom is -0.394 e. The number of hydrogen-bond donors (Lipinski definition) is 7. The Kier molecular flexibility index (Phi) is 12.7. The fourth-order valence-corrected chi connectivity index (χ4v) is 5.13. The van der Waals surface area contributed by atoms with Crippen LogP contribution in [0.1, 0.15) is 51.9 Å². The topological polar surface area (TPSA) is 169 Å². The third-order valence-electron chi connectivity index (χ3n) is 5.99. The number of hydrogen-bond acceptors (Lipinski definition) is 11. The second-order valence-electron chi connectivity index (χ2n) is 8.50. The number of aliphatic hydroxyl groups excluding tert-OH is 7. The smallest absolute Gasteiger partial charge is 0.187 e. The monoisotopic (exact) mass is 484 g/mol. The van der Waals surface area contributed by atoms with Gasteiger partial charge in [0.1, 0.15) is 54.3 Å². The van der Waals surface area contributed by atoms with E-state index in [4.69, 9.17) is 14.2 Å². The van der Waals surface area contributed by atoms with Crippen molar-refractivity contribution >= 4 is 11.8 Å². The molecule has 0 aromatic heterocycles. The summed E-state index contributed by atoms with van der Waals surface area (Å²) in [5, 5.41) is 70.1. The lowest BCUT2D eigenvalue weighted by atomic mass is 9.97. The normalized spacial score (nSPS) is 40.5. The molecule has 0 aliphatic carbocycles. The molecule has 2 heterocycles. The zero-order valence-electron chi connectivity index (χ0n) is 18.6. The Balaban J connectivity index is 1.86. The van der Waals surface area contributed by atoms with Crippen molar-refractivity contribution in [3.63, 3.8) is 0 Å². The van der Waals surface area contributed by atoms with Gasteiger partial charge in [0.15, 0.2) is 6.29 Å². The van der Waals surface area contributed by atoms with E-state index in [2.05, 4.69) is 6.92 Å². The van der Waals surface area contributed by atoms with Gasteiger partial charge < -0.3 is 50.0 Å². The molecule has 2 fully saturated rings. The van der Waals surface area contributed by atoms with E-state index in [1.54, 1.807) is 0 Å².